The van der Waals surface area contributed by atoms with Crippen molar-refractivity contribution >= 4 is 23.9 Å². The van der Waals surface area contributed by atoms with Gasteiger partial charge in [-0.3, -0.25) is 14.9 Å². The highest BCUT2D eigenvalue weighted by molar-refractivity contribution is 6.01. The molecule has 0 aromatic rings. The summed E-state index contributed by atoms with van der Waals surface area (Å²) in [5.41, 5.74) is -0.880. The van der Waals surface area contributed by atoms with Crippen molar-refractivity contribution in [1.29, 1.82) is 0 Å². The van der Waals surface area contributed by atoms with Gasteiger partial charge in [0.25, 0.3) is 0 Å². The molecule has 1 rings (SSSR count). The SMILES string of the molecule is [2H]C([2H])([2H])N1CC(=O)OC(CC)CC/C=C/CCCCC(=O)NC1=NC(=O)OC(C)(C)C. The number of hydrogen-bond acceptors (Lipinski definition) is 5. The highest BCUT2D eigenvalue weighted by Crippen LogP contribution is 2.11. The quantitative estimate of drug-likeness (QED) is 0.522. The fourth-order valence-electron chi connectivity index (χ4n) is 2.55. The summed E-state index contributed by atoms with van der Waals surface area (Å²) in [6.45, 7) is 3.16. The zero-order valence-electron chi connectivity index (χ0n) is 20.8. The second-order valence-corrected chi connectivity index (χ2v) is 7.86. The maximum absolute atomic E-state index is 12.5. The molecule has 0 saturated carbocycles. The number of carbonyl (C=O) groups is 3. The lowest BCUT2D eigenvalue weighted by molar-refractivity contribution is -0.149. The van der Waals surface area contributed by atoms with E-state index in [-0.39, 0.29) is 12.5 Å². The fraction of sp³-hybridized carbons (Fsp3) is 0.714. The van der Waals surface area contributed by atoms with E-state index < -0.39 is 43.1 Å². The summed E-state index contributed by atoms with van der Waals surface area (Å²) in [6, 6.07) is 0. The molecular formula is C21H35N3O5. The number of allylic oxidation sites excluding steroid dienone is 2. The Morgan fingerprint density at radius 2 is 2.07 bits per heavy atom. The summed E-state index contributed by atoms with van der Waals surface area (Å²) in [5, 5.41) is 2.37. The number of esters is 1. The molecule has 0 aromatic carbocycles. The molecule has 1 unspecified atom stereocenters. The Morgan fingerprint density at radius 3 is 2.72 bits per heavy atom. The summed E-state index contributed by atoms with van der Waals surface area (Å²) in [7, 11) is 0. The second-order valence-electron chi connectivity index (χ2n) is 7.86. The first-order valence-electron chi connectivity index (χ1n) is 11.6. The van der Waals surface area contributed by atoms with Crippen LogP contribution in [-0.4, -0.2) is 54.1 Å². The van der Waals surface area contributed by atoms with Gasteiger partial charge in [-0.05, 0) is 59.3 Å². The van der Waals surface area contributed by atoms with Crippen molar-refractivity contribution in [3.8, 4) is 0 Å². The Morgan fingerprint density at radius 1 is 1.34 bits per heavy atom. The van der Waals surface area contributed by atoms with Gasteiger partial charge in [0.1, 0.15) is 18.2 Å². The number of ether oxygens (including phenoxy) is 2. The van der Waals surface area contributed by atoms with Crippen LogP contribution in [0.25, 0.3) is 0 Å². The van der Waals surface area contributed by atoms with Crippen LogP contribution in [0, 0.1) is 0 Å². The molecule has 8 nitrogen and oxygen atoms in total. The summed E-state index contributed by atoms with van der Waals surface area (Å²) >= 11 is 0. The molecular weight excluding hydrogens is 374 g/mol. The molecule has 1 heterocycles. The molecule has 1 N–H and O–H groups in total. The maximum Gasteiger partial charge on any atom is 0.437 e. The molecule has 1 aliphatic heterocycles. The van der Waals surface area contributed by atoms with Crippen LogP contribution in [0.5, 0.6) is 0 Å². The van der Waals surface area contributed by atoms with Crippen LogP contribution in [0.2, 0.25) is 0 Å². The molecule has 0 aliphatic carbocycles. The van der Waals surface area contributed by atoms with E-state index >= 15 is 0 Å². The number of nitrogens with one attached hydrogen (secondary N) is 1. The lowest BCUT2D eigenvalue weighted by Crippen LogP contribution is -2.45. The minimum Gasteiger partial charge on any atom is -0.461 e. The average molecular weight is 413 g/mol. The van der Waals surface area contributed by atoms with Crippen LogP contribution in [0.15, 0.2) is 17.1 Å². The Kier molecular flexibility index (Phi) is 8.41. The number of cyclic esters (lactones) is 1. The molecule has 0 bridgehead atoms. The molecule has 0 saturated heterocycles. The first kappa shape index (κ1) is 19.9. The fourth-order valence-corrected chi connectivity index (χ4v) is 2.55. The van der Waals surface area contributed by atoms with E-state index in [1.165, 1.54) is 0 Å². The van der Waals surface area contributed by atoms with Crippen LogP contribution >= 0.6 is 0 Å². The van der Waals surface area contributed by atoms with Gasteiger partial charge < -0.3 is 14.4 Å². The van der Waals surface area contributed by atoms with Crippen LogP contribution < -0.4 is 5.32 Å². The number of guanidine groups is 1. The number of likely N-dealkylation sites (N-methyl/N-ethyl adjacent to an activating group) is 1. The molecule has 0 aromatic heterocycles. The summed E-state index contributed by atoms with van der Waals surface area (Å²) < 4.78 is 34.0. The van der Waals surface area contributed by atoms with E-state index in [0.29, 0.717) is 24.2 Å². The Labute approximate surface area is 177 Å². The van der Waals surface area contributed by atoms with Crippen LogP contribution in [-0.2, 0) is 19.1 Å². The molecule has 0 fully saturated rings. The molecule has 1 aliphatic rings. The van der Waals surface area contributed by atoms with Crippen molar-refractivity contribution in [2.75, 3.05) is 13.5 Å². The number of amides is 2. The lowest BCUT2D eigenvalue weighted by atomic mass is 10.1. The first-order chi connectivity index (χ1) is 14.8. The predicted octanol–water partition coefficient (Wildman–Crippen LogP) is 3.56. The van der Waals surface area contributed by atoms with Gasteiger partial charge >= 0.3 is 12.1 Å². The van der Waals surface area contributed by atoms with Crippen LogP contribution in [0.3, 0.4) is 0 Å². The zero-order valence-corrected chi connectivity index (χ0v) is 17.8. The van der Waals surface area contributed by atoms with Gasteiger partial charge in [0.05, 0.1) is 0 Å². The molecule has 2 amide bonds. The van der Waals surface area contributed by atoms with Crippen molar-refractivity contribution in [2.45, 2.75) is 84.3 Å². The van der Waals surface area contributed by atoms with Gasteiger partial charge in [-0.2, -0.15) is 0 Å². The molecule has 0 radical (unpaired) electrons. The van der Waals surface area contributed by atoms with Gasteiger partial charge in [-0.15, -0.1) is 4.99 Å². The molecule has 8 heteroatoms. The molecule has 29 heavy (non-hydrogen) atoms. The third-order valence-corrected chi connectivity index (χ3v) is 3.98. The average Bonchev–Trinajstić information content (AvgIpc) is 2.63. The number of aliphatic imine (C=N–C) groups is 1. The monoisotopic (exact) mass is 412 g/mol. The number of nitrogens with zero attached hydrogens (tertiary/aromatic N) is 2. The minimum absolute atomic E-state index is 0.109. The van der Waals surface area contributed by atoms with Crippen molar-refractivity contribution in [3.05, 3.63) is 12.2 Å². The van der Waals surface area contributed by atoms with Gasteiger partial charge in [0.2, 0.25) is 11.9 Å². The van der Waals surface area contributed by atoms with Crippen LogP contribution in [0.4, 0.5) is 4.79 Å². The Balaban J connectivity index is 3.26. The highest BCUT2D eigenvalue weighted by Gasteiger charge is 2.21. The molecule has 164 valence electrons. The van der Waals surface area contributed by atoms with Gasteiger partial charge in [-0.1, -0.05) is 19.1 Å². The van der Waals surface area contributed by atoms with Gasteiger partial charge in [-0.25, -0.2) is 4.79 Å². The number of carbonyl (C=O) groups excluding carboxylic acids is 3. The van der Waals surface area contributed by atoms with E-state index in [2.05, 4.69) is 10.3 Å². The Hall–Kier alpha value is -2.38. The van der Waals surface area contributed by atoms with E-state index in [1.807, 2.05) is 19.1 Å². The summed E-state index contributed by atoms with van der Waals surface area (Å²) in [5.74, 6) is -1.88. The number of hydrogen-bond donors (Lipinski definition) is 1. The predicted molar refractivity (Wildman–Crippen MR) is 111 cm³/mol. The highest BCUT2D eigenvalue weighted by atomic mass is 16.6. The summed E-state index contributed by atoms with van der Waals surface area (Å²) in [6.07, 6.45) is 6.75. The Bertz CT molecular complexity index is 714. The van der Waals surface area contributed by atoms with Gasteiger partial charge in [0, 0.05) is 17.5 Å². The minimum atomic E-state index is -2.87. The third-order valence-electron chi connectivity index (χ3n) is 3.98. The largest absolute Gasteiger partial charge is 0.461 e. The van der Waals surface area contributed by atoms with E-state index in [1.54, 1.807) is 20.8 Å². The van der Waals surface area contributed by atoms with E-state index in [0.717, 1.165) is 19.3 Å². The van der Waals surface area contributed by atoms with Gasteiger partial charge in [0.15, 0.2) is 0 Å². The van der Waals surface area contributed by atoms with Crippen molar-refractivity contribution in [3.63, 3.8) is 0 Å². The maximum atomic E-state index is 12.5. The molecule has 1 atom stereocenters. The standard InChI is InChI=1S/C21H35N3O5/c1-6-16-13-11-9-7-8-10-12-14-17(25)22-19(24(5)15-18(26)28-16)23-20(27)29-21(2,3)4/h7,9,16H,6,8,10-15H2,1-5H3,(H,22,23,25,27)/b9-7+/i5D3. The van der Waals surface area contributed by atoms with Crippen LogP contribution in [0.1, 0.15) is 76.8 Å². The van der Waals surface area contributed by atoms with Crippen molar-refractivity contribution < 1.29 is 28.0 Å². The number of rotatable bonds is 1. The van der Waals surface area contributed by atoms with Crippen molar-refractivity contribution in [2.24, 2.45) is 4.99 Å². The lowest BCUT2D eigenvalue weighted by Gasteiger charge is -2.23. The third kappa shape index (κ3) is 11.3. The second kappa shape index (κ2) is 12.2. The normalized spacial score (nSPS) is 25.2. The zero-order chi connectivity index (χ0) is 24.4. The first-order valence-corrected chi connectivity index (χ1v) is 10.1. The topological polar surface area (TPSA) is 97.3 Å². The summed E-state index contributed by atoms with van der Waals surface area (Å²) in [4.78, 5) is 41.4. The smallest absolute Gasteiger partial charge is 0.437 e. The van der Waals surface area contributed by atoms with Crippen molar-refractivity contribution in [1.82, 2.24) is 10.2 Å². The molecule has 0 spiro atoms. The van der Waals surface area contributed by atoms with E-state index in [4.69, 9.17) is 13.6 Å². The van der Waals surface area contributed by atoms with E-state index in [9.17, 15) is 14.4 Å².